The van der Waals surface area contributed by atoms with Gasteiger partial charge in [-0.2, -0.15) is 0 Å². The molecule has 0 bridgehead atoms. The van der Waals surface area contributed by atoms with E-state index in [4.69, 9.17) is 4.74 Å². The van der Waals surface area contributed by atoms with Gasteiger partial charge in [-0.15, -0.1) is 0 Å². The highest BCUT2D eigenvalue weighted by Gasteiger charge is 2.34. The van der Waals surface area contributed by atoms with Crippen LogP contribution in [0.25, 0.3) is 0 Å². The van der Waals surface area contributed by atoms with Crippen LogP contribution >= 0.6 is 0 Å². The van der Waals surface area contributed by atoms with Crippen molar-refractivity contribution in [2.75, 3.05) is 45.9 Å². The lowest BCUT2D eigenvalue weighted by atomic mass is 9.95. The summed E-state index contributed by atoms with van der Waals surface area (Å²) in [6.07, 6.45) is 1.13. The third kappa shape index (κ3) is 2.65. The van der Waals surface area contributed by atoms with Crippen molar-refractivity contribution < 1.29 is 9.13 Å². The van der Waals surface area contributed by atoms with E-state index in [9.17, 15) is 4.39 Å². The van der Waals surface area contributed by atoms with E-state index in [0.29, 0.717) is 32.6 Å². The molecule has 0 aromatic rings. The number of halogens is 1. The van der Waals surface area contributed by atoms with Crippen LogP contribution in [0.5, 0.6) is 0 Å². The fourth-order valence-electron chi connectivity index (χ4n) is 2.17. The summed E-state index contributed by atoms with van der Waals surface area (Å²) in [6, 6.07) is 0. The van der Waals surface area contributed by atoms with Gasteiger partial charge in [0.25, 0.3) is 0 Å². The number of hydrogen-bond donors (Lipinski definition) is 1. The SMILES string of the molecule is FC1(CN2CCNCC2)CCOCC1. The van der Waals surface area contributed by atoms with Crippen LogP contribution in [0.1, 0.15) is 12.8 Å². The summed E-state index contributed by atoms with van der Waals surface area (Å²) < 4.78 is 19.4. The summed E-state index contributed by atoms with van der Waals surface area (Å²) in [5, 5.41) is 3.28. The van der Waals surface area contributed by atoms with E-state index in [1.165, 1.54) is 0 Å². The molecule has 0 radical (unpaired) electrons. The van der Waals surface area contributed by atoms with Gasteiger partial charge in [0.15, 0.2) is 0 Å². The minimum absolute atomic E-state index is 0.566. The zero-order valence-corrected chi connectivity index (χ0v) is 8.60. The van der Waals surface area contributed by atoms with Crippen molar-refractivity contribution in [3.63, 3.8) is 0 Å². The van der Waals surface area contributed by atoms with Gasteiger partial charge in [0.1, 0.15) is 5.67 Å². The van der Waals surface area contributed by atoms with Crippen LogP contribution in [-0.4, -0.2) is 56.5 Å². The van der Waals surface area contributed by atoms with Crippen molar-refractivity contribution in [1.29, 1.82) is 0 Å². The molecule has 0 atom stereocenters. The van der Waals surface area contributed by atoms with Gasteiger partial charge in [0.2, 0.25) is 0 Å². The van der Waals surface area contributed by atoms with E-state index in [-0.39, 0.29) is 0 Å². The van der Waals surface area contributed by atoms with Crippen LogP contribution < -0.4 is 5.32 Å². The molecule has 0 saturated carbocycles. The predicted octanol–water partition coefficient (Wildman–Crippen LogP) is 0.410. The van der Waals surface area contributed by atoms with Crippen LogP contribution in [0.3, 0.4) is 0 Å². The molecule has 2 rings (SSSR count). The van der Waals surface area contributed by atoms with Gasteiger partial charge in [-0.1, -0.05) is 0 Å². The summed E-state index contributed by atoms with van der Waals surface area (Å²) in [4.78, 5) is 2.22. The Balaban J connectivity index is 1.81. The second-order valence-electron chi connectivity index (χ2n) is 4.29. The topological polar surface area (TPSA) is 24.5 Å². The molecule has 2 heterocycles. The number of piperazine rings is 1. The van der Waals surface area contributed by atoms with E-state index in [0.717, 1.165) is 26.2 Å². The number of nitrogens with one attached hydrogen (secondary N) is 1. The van der Waals surface area contributed by atoms with Gasteiger partial charge in [0.05, 0.1) is 0 Å². The van der Waals surface area contributed by atoms with Crippen LogP contribution in [0, 0.1) is 0 Å². The molecule has 2 aliphatic heterocycles. The van der Waals surface area contributed by atoms with Gasteiger partial charge in [-0.25, -0.2) is 4.39 Å². The Morgan fingerprint density at radius 2 is 1.86 bits per heavy atom. The Kier molecular flexibility index (Phi) is 3.36. The number of nitrogens with zero attached hydrogens (tertiary/aromatic N) is 1. The Bertz CT molecular complexity index is 177. The van der Waals surface area contributed by atoms with E-state index in [1.807, 2.05) is 0 Å². The number of rotatable bonds is 2. The summed E-state index contributed by atoms with van der Waals surface area (Å²) >= 11 is 0. The standard InChI is InChI=1S/C10H19FN2O/c11-10(1-7-14-8-2-10)9-13-5-3-12-4-6-13/h12H,1-9H2. The summed E-state index contributed by atoms with van der Waals surface area (Å²) in [5.41, 5.74) is -0.990. The van der Waals surface area contributed by atoms with Gasteiger partial charge in [-0.3, -0.25) is 4.90 Å². The molecule has 82 valence electrons. The maximum Gasteiger partial charge on any atom is 0.128 e. The Hall–Kier alpha value is -0.190. The first-order valence-corrected chi connectivity index (χ1v) is 5.48. The van der Waals surface area contributed by atoms with Crippen LogP contribution in [-0.2, 0) is 4.74 Å². The predicted molar refractivity (Wildman–Crippen MR) is 53.2 cm³/mol. The maximum atomic E-state index is 14.2. The smallest absolute Gasteiger partial charge is 0.128 e. The first-order valence-electron chi connectivity index (χ1n) is 5.48. The zero-order chi connectivity index (χ0) is 9.86. The normalized spacial score (nSPS) is 28.9. The molecular weight excluding hydrogens is 183 g/mol. The molecule has 0 aromatic heterocycles. The molecule has 1 N–H and O–H groups in total. The molecule has 2 saturated heterocycles. The van der Waals surface area contributed by atoms with Crippen molar-refractivity contribution in [1.82, 2.24) is 10.2 Å². The van der Waals surface area contributed by atoms with Gasteiger partial charge in [-0.05, 0) is 0 Å². The fraction of sp³-hybridized carbons (Fsp3) is 1.00. The molecule has 0 unspecified atom stereocenters. The van der Waals surface area contributed by atoms with Crippen LogP contribution in [0.4, 0.5) is 4.39 Å². The number of hydrogen-bond acceptors (Lipinski definition) is 3. The first kappa shape index (κ1) is 10.3. The highest BCUT2D eigenvalue weighted by molar-refractivity contribution is 4.86. The van der Waals surface area contributed by atoms with Crippen molar-refractivity contribution >= 4 is 0 Å². The van der Waals surface area contributed by atoms with Crippen molar-refractivity contribution in [2.45, 2.75) is 18.5 Å². The molecule has 4 heteroatoms. The highest BCUT2D eigenvalue weighted by atomic mass is 19.1. The van der Waals surface area contributed by atoms with Gasteiger partial charge in [0, 0.05) is 58.8 Å². The molecule has 14 heavy (non-hydrogen) atoms. The van der Waals surface area contributed by atoms with Crippen molar-refractivity contribution in [3.05, 3.63) is 0 Å². The average molecular weight is 202 g/mol. The van der Waals surface area contributed by atoms with E-state index >= 15 is 0 Å². The summed E-state index contributed by atoms with van der Waals surface area (Å²) in [5.74, 6) is 0. The minimum Gasteiger partial charge on any atom is -0.381 e. The largest absolute Gasteiger partial charge is 0.381 e. The molecule has 2 fully saturated rings. The quantitative estimate of drug-likeness (QED) is 0.702. The van der Waals surface area contributed by atoms with Crippen LogP contribution in [0.2, 0.25) is 0 Å². The third-order valence-electron chi connectivity index (χ3n) is 3.11. The van der Waals surface area contributed by atoms with E-state index in [1.54, 1.807) is 0 Å². The Morgan fingerprint density at radius 1 is 1.21 bits per heavy atom. The molecule has 0 spiro atoms. The van der Waals surface area contributed by atoms with Gasteiger partial charge >= 0.3 is 0 Å². The van der Waals surface area contributed by atoms with Crippen molar-refractivity contribution in [2.24, 2.45) is 0 Å². The maximum absolute atomic E-state index is 14.2. The highest BCUT2D eigenvalue weighted by Crippen LogP contribution is 2.26. The van der Waals surface area contributed by atoms with Crippen LogP contribution in [0.15, 0.2) is 0 Å². The molecular formula is C10H19FN2O. The lowest BCUT2D eigenvalue weighted by molar-refractivity contribution is -0.0284. The Labute approximate surface area is 84.6 Å². The first-order chi connectivity index (χ1) is 6.79. The monoisotopic (exact) mass is 202 g/mol. The molecule has 0 aromatic carbocycles. The summed E-state index contributed by atoms with van der Waals surface area (Å²) in [7, 11) is 0. The second-order valence-corrected chi connectivity index (χ2v) is 4.29. The van der Waals surface area contributed by atoms with E-state index in [2.05, 4.69) is 10.2 Å². The Morgan fingerprint density at radius 3 is 2.50 bits per heavy atom. The van der Waals surface area contributed by atoms with E-state index < -0.39 is 5.67 Å². The lowest BCUT2D eigenvalue weighted by Gasteiger charge is -2.36. The molecule has 0 amide bonds. The minimum atomic E-state index is -0.990. The molecule has 2 aliphatic rings. The lowest BCUT2D eigenvalue weighted by Crippen LogP contribution is -2.50. The third-order valence-corrected chi connectivity index (χ3v) is 3.11. The summed E-state index contributed by atoms with van der Waals surface area (Å²) in [6.45, 7) is 5.71. The fourth-order valence-corrected chi connectivity index (χ4v) is 2.17. The molecule has 0 aliphatic carbocycles. The second kappa shape index (κ2) is 4.55. The number of alkyl halides is 1. The van der Waals surface area contributed by atoms with Gasteiger partial charge < -0.3 is 10.1 Å². The average Bonchev–Trinajstić information content (AvgIpc) is 2.19. The number of ether oxygens (including phenoxy) is 1. The molecule has 3 nitrogen and oxygen atoms in total. The zero-order valence-electron chi connectivity index (χ0n) is 8.60. The van der Waals surface area contributed by atoms with Crippen molar-refractivity contribution in [3.8, 4) is 0 Å².